The Balaban J connectivity index is 2.37. The molecular weight excluding hydrogens is 383 g/mol. The van der Waals surface area contributed by atoms with Crippen LogP contribution in [0.25, 0.3) is 0 Å². The maximum absolute atomic E-state index is 12.4. The fourth-order valence-electron chi connectivity index (χ4n) is 1.83. The van der Waals surface area contributed by atoms with E-state index in [0.717, 1.165) is 9.26 Å². The number of nitrogens with two attached hydrogens (primary N) is 1. The van der Waals surface area contributed by atoms with Gasteiger partial charge in [0.15, 0.2) is 0 Å². The lowest BCUT2D eigenvalue weighted by Gasteiger charge is -2.13. The van der Waals surface area contributed by atoms with Crippen LogP contribution >= 0.6 is 22.6 Å². The SMILES string of the molecule is COc1cc(OC)c(N)c(C(=O)Nc2ccccc2I)c1. The molecule has 0 aromatic heterocycles. The summed E-state index contributed by atoms with van der Waals surface area (Å²) in [7, 11) is 3.01. The quantitative estimate of drug-likeness (QED) is 0.613. The van der Waals surface area contributed by atoms with Crippen LogP contribution in [0.5, 0.6) is 11.5 Å². The number of hydrogen-bond donors (Lipinski definition) is 2. The Morgan fingerprint density at radius 1 is 1.19 bits per heavy atom. The Bertz CT molecular complexity index is 674. The molecule has 1 amide bonds. The average molecular weight is 398 g/mol. The summed E-state index contributed by atoms with van der Waals surface area (Å²) in [5, 5.41) is 2.83. The largest absolute Gasteiger partial charge is 0.497 e. The summed E-state index contributed by atoms with van der Waals surface area (Å²) >= 11 is 2.15. The van der Waals surface area contributed by atoms with Gasteiger partial charge in [0.05, 0.1) is 31.2 Å². The molecule has 0 unspecified atom stereocenters. The monoisotopic (exact) mass is 398 g/mol. The summed E-state index contributed by atoms with van der Waals surface area (Å²) in [5.41, 5.74) is 7.28. The fraction of sp³-hybridized carbons (Fsp3) is 0.133. The van der Waals surface area contributed by atoms with Gasteiger partial charge in [0.2, 0.25) is 0 Å². The lowest BCUT2D eigenvalue weighted by Crippen LogP contribution is -2.15. The van der Waals surface area contributed by atoms with E-state index in [-0.39, 0.29) is 11.6 Å². The number of halogens is 1. The van der Waals surface area contributed by atoms with E-state index in [9.17, 15) is 4.79 Å². The third-order valence-corrected chi connectivity index (χ3v) is 3.88. The van der Waals surface area contributed by atoms with Crippen molar-refractivity contribution in [3.8, 4) is 11.5 Å². The summed E-state index contributed by atoms with van der Waals surface area (Å²) in [6.07, 6.45) is 0. The van der Waals surface area contributed by atoms with Crippen LogP contribution in [0.1, 0.15) is 10.4 Å². The van der Waals surface area contributed by atoms with Gasteiger partial charge >= 0.3 is 0 Å². The molecule has 110 valence electrons. The van der Waals surface area contributed by atoms with Crippen molar-refractivity contribution < 1.29 is 14.3 Å². The highest BCUT2D eigenvalue weighted by Crippen LogP contribution is 2.31. The van der Waals surface area contributed by atoms with Crippen molar-refractivity contribution in [2.24, 2.45) is 0 Å². The minimum Gasteiger partial charge on any atom is -0.497 e. The molecule has 5 nitrogen and oxygen atoms in total. The molecule has 0 aliphatic rings. The minimum absolute atomic E-state index is 0.279. The molecule has 0 saturated carbocycles. The van der Waals surface area contributed by atoms with E-state index in [4.69, 9.17) is 15.2 Å². The molecule has 0 fully saturated rings. The second-order valence-electron chi connectivity index (χ2n) is 4.22. The number of carbonyl (C=O) groups is 1. The predicted molar refractivity (Wildman–Crippen MR) is 91.1 cm³/mol. The molecule has 0 saturated heterocycles. The van der Waals surface area contributed by atoms with Crippen molar-refractivity contribution in [2.45, 2.75) is 0 Å². The van der Waals surface area contributed by atoms with Crippen LogP contribution < -0.4 is 20.5 Å². The van der Waals surface area contributed by atoms with Gasteiger partial charge in [-0.1, -0.05) is 12.1 Å². The van der Waals surface area contributed by atoms with Crippen LogP contribution in [0.2, 0.25) is 0 Å². The van der Waals surface area contributed by atoms with Gasteiger partial charge in [-0.25, -0.2) is 0 Å². The maximum Gasteiger partial charge on any atom is 0.258 e. The number of rotatable bonds is 4. The van der Waals surface area contributed by atoms with E-state index in [0.29, 0.717) is 17.1 Å². The summed E-state index contributed by atoms with van der Waals surface area (Å²) in [5.74, 6) is 0.602. The van der Waals surface area contributed by atoms with Gasteiger partial charge in [0.1, 0.15) is 11.5 Å². The molecule has 0 atom stereocenters. The van der Waals surface area contributed by atoms with E-state index in [2.05, 4.69) is 27.9 Å². The van der Waals surface area contributed by atoms with Gasteiger partial charge in [-0.05, 0) is 40.8 Å². The van der Waals surface area contributed by atoms with Crippen LogP contribution in [-0.2, 0) is 0 Å². The second-order valence-corrected chi connectivity index (χ2v) is 5.39. The molecule has 0 spiro atoms. The number of amides is 1. The Morgan fingerprint density at radius 3 is 2.52 bits per heavy atom. The number of methoxy groups -OCH3 is 2. The number of hydrogen-bond acceptors (Lipinski definition) is 4. The third kappa shape index (κ3) is 3.38. The molecule has 0 aliphatic carbocycles. The molecular formula is C15H15IN2O3. The van der Waals surface area contributed by atoms with Crippen LogP contribution in [0.4, 0.5) is 11.4 Å². The van der Waals surface area contributed by atoms with Crippen molar-refractivity contribution in [2.75, 3.05) is 25.3 Å². The highest BCUT2D eigenvalue weighted by Gasteiger charge is 2.16. The number of ether oxygens (including phenoxy) is 2. The lowest BCUT2D eigenvalue weighted by molar-refractivity contribution is 0.102. The summed E-state index contributed by atoms with van der Waals surface area (Å²) in [6.45, 7) is 0. The van der Waals surface area contributed by atoms with Crippen molar-refractivity contribution in [1.29, 1.82) is 0 Å². The number of carbonyl (C=O) groups excluding carboxylic acids is 1. The molecule has 2 aromatic carbocycles. The number of benzene rings is 2. The van der Waals surface area contributed by atoms with E-state index in [1.54, 1.807) is 12.1 Å². The summed E-state index contributed by atoms with van der Waals surface area (Å²) in [4.78, 5) is 12.4. The van der Waals surface area contributed by atoms with Crippen LogP contribution in [0.3, 0.4) is 0 Å². The van der Waals surface area contributed by atoms with Crippen molar-refractivity contribution in [3.05, 3.63) is 45.5 Å². The molecule has 6 heteroatoms. The fourth-order valence-corrected chi connectivity index (χ4v) is 2.35. The zero-order valence-corrected chi connectivity index (χ0v) is 13.8. The summed E-state index contributed by atoms with van der Waals surface area (Å²) < 4.78 is 11.3. The van der Waals surface area contributed by atoms with Gasteiger partial charge in [-0.3, -0.25) is 4.79 Å². The van der Waals surface area contributed by atoms with Gasteiger partial charge in [0, 0.05) is 9.64 Å². The Labute approximate surface area is 136 Å². The summed E-state index contributed by atoms with van der Waals surface area (Å²) in [6, 6.07) is 10.7. The second kappa shape index (κ2) is 6.66. The molecule has 0 aliphatic heterocycles. The van der Waals surface area contributed by atoms with Gasteiger partial charge < -0.3 is 20.5 Å². The molecule has 0 radical (unpaired) electrons. The number of anilines is 2. The number of para-hydroxylation sites is 1. The van der Waals surface area contributed by atoms with E-state index in [1.165, 1.54) is 14.2 Å². The first kappa shape index (κ1) is 15.4. The zero-order chi connectivity index (χ0) is 15.4. The third-order valence-electron chi connectivity index (χ3n) is 2.94. The molecule has 2 rings (SSSR count). The molecule has 0 heterocycles. The predicted octanol–water partition coefficient (Wildman–Crippen LogP) is 3.14. The van der Waals surface area contributed by atoms with E-state index in [1.807, 2.05) is 24.3 Å². The van der Waals surface area contributed by atoms with Crippen molar-refractivity contribution >= 4 is 39.9 Å². The van der Waals surface area contributed by atoms with Gasteiger partial charge in [-0.15, -0.1) is 0 Å². The molecule has 3 N–H and O–H groups in total. The Hall–Kier alpha value is -1.96. The van der Waals surface area contributed by atoms with Gasteiger partial charge in [-0.2, -0.15) is 0 Å². The minimum atomic E-state index is -0.311. The molecule has 21 heavy (non-hydrogen) atoms. The molecule has 0 bridgehead atoms. The van der Waals surface area contributed by atoms with Gasteiger partial charge in [0.25, 0.3) is 5.91 Å². The molecule has 2 aromatic rings. The van der Waals surface area contributed by atoms with E-state index < -0.39 is 0 Å². The normalized spacial score (nSPS) is 10.0. The zero-order valence-electron chi connectivity index (χ0n) is 11.6. The van der Waals surface area contributed by atoms with Crippen LogP contribution in [-0.4, -0.2) is 20.1 Å². The maximum atomic E-state index is 12.4. The average Bonchev–Trinajstić information content (AvgIpc) is 2.49. The highest BCUT2D eigenvalue weighted by atomic mass is 127. The van der Waals surface area contributed by atoms with Crippen molar-refractivity contribution in [1.82, 2.24) is 0 Å². The number of nitrogens with one attached hydrogen (secondary N) is 1. The van der Waals surface area contributed by atoms with Crippen LogP contribution in [0.15, 0.2) is 36.4 Å². The topological polar surface area (TPSA) is 73.6 Å². The van der Waals surface area contributed by atoms with Crippen LogP contribution in [0, 0.1) is 3.57 Å². The first-order valence-corrected chi connectivity index (χ1v) is 7.22. The lowest BCUT2D eigenvalue weighted by atomic mass is 10.1. The Kier molecular flexibility index (Phi) is 4.89. The highest BCUT2D eigenvalue weighted by molar-refractivity contribution is 14.1. The Morgan fingerprint density at radius 2 is 1.90 bits per heavy atom. The van der Waals surface area contributed by atoms with E-state index >= 15 is 0 Å². The van der Waals surface area contributed by atoms with Crippen molar-refractivity contribution in [3.63, 3.8) is 0 Å². The smallest absolute Gasteiger partial charge is 0.258 e. The first-order chi connectivity index (χ1) is 10.1. The number of nitrogen functional groups attached to an aromatic ring is 1. The first-order valence-electron chi connectivity index (χ1n) is 6.14. The standard InChI is InChI=1S/C15H15IN2O3/c1-20-9-7-10(14(17)13(8-9)21-2)15(19)18-12-6-4-3-5-11(12)16/h3-8H,17H2,1-2H3,(H,18,19).